The second-order valence-electron chi connectivity index (χ2n) is 5.71. The maximum Gasteiger partial charge on any atom is 0.0536 e. The van der Waals surface area contributed by atoms with Crippen molar-refractivity contribution in [2.45, 2.75) is 32.4 Å². The fourth-order valence-electron chi connectivity index (χ4n) is 3.42. The molecule has 5 heteroatoms. The molecule has 1 aliphatic heterocycles. The second-order valence-corrected chi connectivity index (χ2v) is 5.71. The van der Waals surface area contributed by atoms with E-state index in [1.807, 2.05) is 10.9 Å². The molecule has 0 radical (unpaired) electrons. The molecular formula is C13H23ClN4. The zero-order valence-corrected chi connectivity index (χ0v) is 11.8. The van der Waals surface area contributed by atoms with E-state index in [2.05, 4.69) is 23.1 Å². The summed E-state index contributed by atoms with van der Waals surface area (Å²) in [5.41, 5.74) is 7.39. The van der Waals surface area contributed by atoms with Gasteiger partial charge < -0.3 is 10.6 Å². The summed E-state index contributed by atoms with van der Waals surface area (Å²) in [6, 6.07) is 0.456. The van der Waals surface area contributed by atoms with E-state index < -0.39 is 0 Å². The third-order valence-corrected chi connectivity index (χ3v) is 4.40. The highest BCUT2D eigenvalue weighted by atomic mass is 35.5. The van der Waals surface area contributed by atoms with Crippen LogP contribution in [0.5, 0.6) is 0 Å². The number of rotatable bonds is 3. The topological polar surface area (TPSA) is 47.1 Å². The van der Waals surface area contributed by atoms with E-state index in [9.17, 15) is 0 Å². The normalized spacial score (nSPS) is 31.3. The summed E-state index contributed by atoms with van der Waals surface area (Å²) in [7, 11) is 0. The van der Waals surface area contributed by atoms with Crippen LogP contribution in [0.3, 0.4) is 0 Å². The van der Waals surface area contributed by atoms with Crippen LogP contribution in [0.25, 0.3) is 0 Å². The first kappa shape index (κ1) is 13.8. The molecule has 2 aliphatic rings. The average Bonchev–Trinajstić information content (AvgIpc) is 2.95. The molecule has 18 heavy (non-hydrogen) atoms. The summed E-state index contributed by atoms with van der Waals surface area (Å²) in [6.07, 6.45) is 6.61. The molecule has 0 aromatic carbocycles. The minimum Gasteiger partial charge on any atom is -0.327 e. The first-order valence-corrected chi connectivity index (χ1v) is 6.69. The fraction of sp³-hybridized carbons (Fsp3) is 0.769. The molecule has 1 saturated heterocycles. The Morgan fingerprint density at radius 2 is 2.17 bits per heavy atom. The number of aromatic nitrogens is 2. The van der Waals surface area contributed by atoms with Gasteiger partial charge in [-0.25, -0.2) is 0 Å². The molecule has 102 valence electrons. The summed E-state index contributed by atoms with van der Waals surface area (Å²) < 4.78 is 2.05. The summed E-state index contributed by atoms with van der Waals surface area (Å²) >= 11 is 0. The minimum atomic E-state index is 0. The average molecular weight is 271 g/mol. The monoisotopic (exact) mass is 270 g/mol. The standard InChI is InChI=1S/C13H22N4.ClH/c1-10-6-15-17(7-10)5-4-16-8-11-2-3-13(14)12(11)9-16;/h6-7,11-13H,2-5,8-9,14H2,1H3;1H. The van der Waals surface area contributed by atoms with Crippen molar-refractivity contribution in [1.82, 2.24) is 14.7 Å². The number of hydrogen-bond donors (Lipinski definition) is 1. The van der Waals surface area contributed by atoms with Crippen molar-refractivity contribution in [2.75, 3.05) is 19.6 Å². The van der Waals surface area contributed by atoms with E-state index in [4.69, 9.17) is 5.73 Å². The molecule has 0 amide bonds. The Labute approximate surface area is 115 Å². The van der Waals surface area contributed by atoms with Crippen LogP contribution in [0.1, 0.15) is 18.4 Å². The van der Waals surface area contributed by atoms with Gasteiger partial charge in [-0.15, -0.1) is 12.4 Å². The van der Waals surface area contributed by atoms with Crippen molar-refractivity contribution in [1.29, 1.82) is 0 Å². The molecule has 3 unspecified atom stereocenters. The van der Waals surface area contributed by atoms with Gasteiger partial charge in [0.2, 0.25) is 0 Å². The molecule has 3 rings (SSSR count). The van der Waals surface area contributed by atoms with Crippen molar-refractivity contribution in [3.05, 3.63) is 18.0 Å². The highest BCUT2D eigenvalue weighted by molar-refractivity contribution is 5.85. The van der Waals surface area contributed by atoms with Crippen LogP contribution in [0.2, 0.25) is 0 Å². The predicted molar refractivity (Wildman–Crippen MR) is 74.8 cm³/mol. The quantitative estimate of drug-likeness (QED) is 0.900. The smallest absolute Gasteiger partial charge is 0.0536 e. The van der Waals surface area contributed by atoms with Gasteiger partial charge in [0, 0.05) is 31.9 Å². The van der Waals surface area contributed by atoms with Crippen molar-refractivity contribution >= 4 is 12.4 Å². The lowest BCUT2D eigenvalue weighted by Gasteiger charge is -2.18. The van der Waals surface area contributed by atoms with Gasteiger partial charge in [0.25, 0.3) is 0 Å². The van der Waals surface area contributed by atoms with Crippen LogP contribution in [-0.2, 0) is 6.54 Å². The van der Waals surface area contributed by atoms with Gasteiger partial charge in [-0.3, -0.25) is 4.68 Å². The van der Waals surface area contributed by atoms with Gasteiger partial charge in [-0.2, -0.15) is 5.10 Å². The van der Waals surface area contributed by atoms with E-state index in [1.165, 1.54) is 31.5 Å². The van der Waals surface area contributed by atoms with Crippen LogP contribution in [0, 0.1) is 18.8 Å². The van der Waals surface area contributed by atoms with Crippen molar-refractivity contribution in [3.8, 4) is 0 Å². The van der Waals surface area contributed by atoms with Crippen LogP contribution in [-0.4, -0.2) is 40.4 Å². The summed E-state index contributed by atoms with van der Waals surface area (Å²) in [4.78, 5) is 2.56. The van der Waals surface area contributed by atoms with Crippen LogP contribution < -0.4 is 5.73 Å². The highest BCUT2D eigenvalue weighted by Crippen LogP contribution is 2.36. The molecule has 3 atom stereocenters. The number of halogens is 1. The molecule has 1 aromatic heterocycles. The molecule has 0 bridgehead atoms. The molecule has 1 aromatic rings. The lowest BCUT2D eigenvalue weighted by atomic mass is 9.98. The summed E-state index contributed by atoms with van der Waals surface area (Å²) in [5, 5.41) is 4.33. The number of hydrogen-bond acceptors (Lipinski definition) is 3. The Morgan fingerprint density at radius 1 is 1.33 bits per heavy atom. The molecule has 2 heterocycles. The molecule has 1 aliphatic carbocycles. The highest BCUT2D eigenvalue weighted by Gasteiger charge is 2.40. The largest absolute Gasteiger partial charge is 0.327 e. The van der Waals surface area contributed by atoms with Gasteiger partial charge in [-0.05, 0) is 37.2 Å². The van der Waals surface area contributed by atoms with Crippen molar-refractivity contribution in [3.63, 3.8) is 0 Å². The fourth-order valence-corrected chi connectivity index (χ4v) is 3.42. The van der Waals surface area contributed by atoms with E-state index in [0.29, 0.717) is 6.04 Å². The second kappa shape index (κ2) is 5.59. The Bertz CT molecular complexity index is 392. The maximum atomic E-state index is 6.15. The van der Waals surface area contributed by atoms with Crippen LogP contribution >= 0.6 is 12.4 Å². The number of fused-ring (bicyclic) bond motifs is 1. The van der Waals surface area contributed by atoms with E-state index in [1.54, 1.807) is 0 Å². The maximum absolute atomic E-state index is 6.15. The molecule has 0 spiro atoms. The van der Waals surface area contributed by atoms with Crippen LogP contribution in [0.4, 0.5) is 0 Å². The summed E-state index contributed by atoms with van der Waals surface area (Å²) in [6.45, 7) is 6.65. The molecule has 4 nitrogen and oxygen atoms in total. The first-order chi connectivity index (χ1) is 8.22. The zero-order chi connectivity index (χ0) is 11.8. The van der Waals surface area contributed by atoms with E-state index in [0.717, 1.165) is 24.9 Å². The molecule has 1 saturated carbocycles. The van der Waals surface area contributed by atoms with Crippen molar-refractivity contribution in [2.24, 2.45) is 17.6 Å². The van der Waals surface area contributed by atoms with Gasteiger partial charge in [0.05, 0.1) is 12.7 Å². The number of nitrogens with zero attached hydrogens (tertiary/aromatic N) is 3. The summed E-state index contributed by atoms with van der Waals surface area (Å²) in [5.74, 6) is 1.62. The minimum absolute atomic E-state index is 0. The molecular weight excluding hydrogens is 248 g/mol. The van der Waals surface area contributed by atoms with Gasteiger partial charge in [0.15, 0.2) is 0 Å². The number of likely N-dealkylation sites (tertiary alicyclic amines) is 1. The lowest BCUT2D eigenvalue weighted by Crippen LogP contribution is -2.31. The van der Waals surface area contributed by atoms with Gasteiger partial charge in [0.1, 0.15) is 0 Å². The Hall–Kier alpha value is -0.580. The van der Waals surface area contributed by atoms with Crippen LogP contribution in [0.15, 0.2) is 12.4 Å². The third kappa shape index (κ3) is 2.71. The van der Waals surface area contributed by atoms with E-state index in [-0.39, 0.29) is 12.4 Å². The zero-order valence-electron chi connectivity index (χ0n) is 11.0. The number of nitrogens with two attached hydrogens (primary N) is 1. The Morgan fingerprint density at radius 3 is 2.83 bits per heavy atom. The first-order valence-electron chi connectivity index (χ1n) is 6.69. The lowest BCUT2D eigenvalue weighted by molar-refractivity contribution is 0.288. The molecule has 2 N–H and O–H groups in total. The third-order valence-electron chi connectivity index (χ3n) is 4.40. The number of aryl methyl sites for hydroxylation is 1. The Balaban J connectivity index is 0.00000120. The SMILES string of the molecule is Cc1cnn(CCN2CC3CCC(N)C3C2)c1.Cl. The van der Waals surface area contributed by atoms with Gasteiger partial charge in [-0.1, -0.05) is 0 Å². The van der Waals surface area contributed by atoms with Gasteiger partial charge >= 0.3 is 0 Å². The molecule has 2 fully saturated rings. The Kier molecular flexibility index (Phi) is 4.30. The van der Waals surface area contributed by atoms with Crippen molar-refractivity contribution < 1.29 is 0 Å². The van der Waals surface area contributed by atoms with E-state index >= 15 is 0 Å². The predicted octanol–water partition coefficient (Wildman–Crippen LogP) is 1.28.